The molecular weight excluding hydrogens is 224 g/mol. The van der Waals surface area contributed by atoms with Gasteiger partial charge in [-0.15, -0.1) is 0 Å². The molecule has 0 saturated heterocycles. The summed E-state index contributed by atoms with van der Waals surface area (Å²) in [6.07, 6.45) is 4.53. The maximum Gasteiger partial charge on any atom is 0.220 e. The monoisotopic (exact) mass is 246 g/mol. The van der Waals surface area contributed by atoms with Gasteiger partial charge in [0.05, 0.1) is 0 Å². The largest absolute Gasteiger partial charge is 0.352 e. The van der Waals surface area contributed by atoms with Gasteiger partial charge in [0.25, 0.3) is 0 Å². The van der Waals surface area contributed by atoms with Gasteiger partial charge in [-0.3, -0.25) is 4.79 Å². The average Bonchev–Trinajstić information content (AvgIpc) is 2.74. The molecule has 0 radical (unpaired) electrons. The molecular formula is C15H22N2O. The molecule has 1 aromatic rings. The van der Waals surface area contributed by atoms with Gasteiger partial charge < -0.3 is 11.1 Å². The maximum atomic E-state index is 11.8. The number of rotatable bonds is 4. The molecule has 18 heavy (non-hydrogen) atoms. The molecule has 3 nitrogen and oxygen atoms in total. The number of amides is 1. The van der Waals surface area contributed by atoms with Gasteiger partial charge in [0, 0.05) is 18.5 Å². The van der Waals surface area contributed by atoms with E-state index in [0.29, 0.717) is 6.42 Å². The highest BCUT2D eigenvalue weighted by Gasteiger charge is 2.24. The second-order valence-corrected chi connectivity index (χ2v) is 5.25. The molecule has 1 aliphatic carbocycles. The molecule has 2 unspecified atom stereocenters. The Balaban J connectivity index is 1.76. The van der Waals surface area contributed by atoms with E-state index < -0.39 is 0 Å². The Kier molecular flexibility index (Phi) is 4.37. The summed E-state index contributed by atoms with van der Waals surface area (Å²) < 4.78 is 0. The molecule has 2 rings (SSSR count). The molecule has 3 heteroatoms. The summed E-state index contributed by atoms with van der Waals surface area (Å²) in [4.78, 5) is 11.8. The van der Waals surface area contributed by atoms with Crippen LogP contribution in [0.3, 0.4) is 0 Å². The summed E-state index contributed by atoms with van der Waals surface area (Å²) in [5.74, 6) is 0.123. The minimum Gasteiger partial charge on any atom is -0.352 e. The van der Waals surface area contributed by atoms with Crippen molar-refractivity contribution in [2.24, 2.45) is 5.73 Å². The van der Waals surface area contributed by atoms with Crippen molar-refractivity contribution in [3.05, 3.63) is 35.4 Å². The Hall–Kier alpha value is -1.35. The summed E-state index contributed by atoms with van der Waals surface area (Å²) >= 11 is 0. The third-order valence-corrected chi connectivity index (χ3v) is 3.68. The number of carbonyl (C=O) groups excluding carboxylic acids is 1. The first-order valence-corrected chi connectivity index (χ1v) is 6.75. The molecule has 1 saturated carbocycles. The van der Waals surface area contributed by atoms with Crippen LogP contribution in [0.5, 0.6) is 0 Å². The fraction of sp³-hybridized carbons (Fsp3) is 0.533. The summed E-state index contributed by atoms with van der Waals surface area (Å²) in [5, 5.41) is 3.05. The van der Waals surface area contributed by atoms with Crippen molar-refractivity contribution >= 4 is 5.91 Å². The van der Waals surface area contributed by atoms with Gasteiger partial charge >= 0.3 is 0 Å². The number of benzene rings is 1. The molecule has 98 valence electrons. The molecule has 1 aliphatic rings. The first kappa shape index (κ1) is 13.1. The molecule has 0 heterocycles. The zero-order valence-electron chi connectivity index (χ0n) is 11.0. The molecule has 1 aromatic carbocycles. The van der Waals surface area contributed by atoms with Crippen LogP contribution in [0.1, 0.15) is 36.8 Å². The van der Waals surface area contributed by atoms with Crippen molar-refractivity contribution < 1.29 is 4.79 Å². The van der Waals surface area contributed by atoms with E-state index >= 15 is 0 Å². The van der Waals surface area contributed by atoms with Gasteiger partial charge in [-0.05, 0) is 38.2 Å². The lowest BCUT2D eigenvalue weighted by Gasteiger charge is -2.17. The minimum atomic E-state index is 0.123. The molecule has 0 aliphatic heterocycles. The quantitative estimate of drug-likeness (QED) is 0.853. The van der Waals surface area contributed by atoms with Crippen LogP contribution in [0.2, 0.25) is 0 Å². The lowest BCUT2D eigenvalue weighted by Crippen LogP contribution is -2.44. The van der Waals surface area contributed by atoms with Gasteiger partial charge in [0.15, 0.2) is 0 Å². The first-order chi connectivity index (χ1) is 8.65. The van der Waals surface area contributed by atoms with Crippen molar-refractivity contribution in [2.75, 3.05) is 0 Å². The Morgan fingerprint density at radius 1 is 1.33 bits per heavy atom. The van der Waals surface area contributed by atoms with Crippen molar-refractivity contribution in [3.8, 4) is 0 Å². The predicted molar refractivity (Wildman–Crippen MR) is 73.3 cm³/mol. The number of aryl methyl sites for hydroxylation is 2. The van der Waals surface area contributed by atoms with Crippen LogP contribution in [-0.4, -0.2) is 18.0 Å². The Labute approximate surface area is 109 Å². The third kappa shape index (κ3) is 3.57. The van der Waals surface area contributed by atoms with E-state index in [9.17, 15) is 4.79 Å². The molecule has 0 bridgehead atoms. The molecule has 3 N–H and O–H groups in total. The summed E-state index contributed by atoms with van der Waals surface area (Å²) in [6, 6.07) is 8.68. The Morgan fingerprint density at radius 3 is 2.67 bits per heavy atom. The van der Waals surface area contributed by atoms with Gasteiger partial charge in [0.2, 0.25) is 5.91 Å². The smallest absolute Gasteiger partial charge is 0.220 e. The normalized spacial score (nSPS) is 23.0. The number of hydrogen-bond donors (Lipinski definition) is 2. The van der Waals surface area contributed by atoms with Crippen molar-refractivity contribution in [3.63, 3.8) is 0 Å². The molecule has 1 amide bonds. The van der Waals surface area contributed by atoms with Gasteiger partial charge in [-0.2, -0.15) is 0 Å². The predicted octanol–water partition coefficient (Wildman–Crippen LogP) is 1.92. The molecule has 1 fully saturated rings. The van der Waals surface area contributed by atoms with E-state index in [-0.39, 0.29) is 18.0 Å². The lowest BCUT2D eigenvalue weighted by atomic mass is 10.1. The summed E-state index contributed by atoms with van der Waals surface area (Å²) in [7, 11) is 0. The fourth-order valence-electron chi connectivity index (χ4n) is 2.46. The zero-order valence-corrected chi connectivity index (χ0v) is 11.0. The SMILES string of the molecule is Cc1ccc(CCC(=O)NC2CCCC2N)cc1. The number of nitrogens with two attached hydrogens (primary N) is 1. The number of nitrogens with one attached hydrogen (secondary N) is 1. The molecule has 2 atom stereocenters. The molecule has 0 aromatic heterocycles. The van der Waals surface area contributed by atoms with Crippen molar-refractivity contribution in [1.82, 2.24) is 5.32 Å². The second kappa shape index (κ2) is 6.01. The van der Waals surface area contributed by atoms with Crippen LogP contribution < -0.4 is 11.1 Å². The Morgan fingerprint density at radius 2 is 2.06 bits per heavy atom. The van der Waals surface area contributed by atoms with Crippen LogP contribution in [0, 0.1) is 6.92 Å². The fourth-order valence-corrected chi connectivity index (χ4v) is 2.46. The van der Waals surface area contributed by atoms with Crippen LogP contribution in [0.15, 0.2) is 24.3 Å². The van der Waals surface area contributed by atoms with Gasteiger partial charge in [-0.25, -0.2) is 0 Å². The van der Waals surface area contributed by atoms with Gasteiger partial charge in [0.1, 0.15) is 0 Å². The third-order valence-electron chi connectivity index (χ3n) is 3.68. The van der Waals surface area contributed by atoms with Crippen molar-refractivity contribution in [1.29, 1.82) is 0 Å². The van der Waals surface area contributed by atoms with E-state index in [1.165, 1.54) is 11.1 Å². The highest BCUT2D eigenvalue weighted by molar-refractivity contribution is 5.76. The standard InChI is InChI=1S/C15H22N2O/c1-11-5-7-12(8-6-11)9-10-15(18)17-14-4-2-3-13(14)16/h5-8,13-14H,2-4,9-10,16H2,1H3,(H,17,18). The average molecular weight is 246 g/mol. The van der Waals surface area contributed by atoms with Crippen LogP contribution in [0.25, 0.3) is 0 Å². The Bertz CT molecular complexity index is 399. The number of hydrogen-bond acceptors (Lipinski definition) is 2. The highest BCUT2D eigenvalue weighted by Crippen LogP contribution is 2.17. The van der Waals surface area contributed by atoms with Crippen LogP contribution in [-0.2, 0) is 11.2 Å². The van der Waals surface area contributed by atoms with Gasteiger partial charge in [-0.1, -0.05) is 29.8 Å². The van der Waals surface area contributed by atoms with E-state index in [4.69, 9.17) is 5.73 Å². The zero-order chi connectivity index (χ0) is 13.0. The second-order valence-electron chi connectivity index (χ2n) is 5.25. The minimum absolute atomic E-state index is 0.123. The van der Waals surface area contributed by atoms with E-state index in [2.05, 4.69) is 36.5 Å². The molecule has 0 spiro atoms. The van der Waals surface area contributed by atoms with E-state index in [1.54, 1.807) is 0 Å². The van der Waals surface area contributed by atoms with Crippen LogP contribution in [0.4, 0.5) is 0 Å². The first-order valence-electron chi connectivity index (χ1n) is 6.75. The maximum absolute atomic E-state index is 11.8. The summed E-state index contributed by atoms with van der Waals surface area (Å²) in [5.41, 5.74) is 8.40. The highest BCUT2D eigenvalue weighted by atomic mass is 16.1. The summed E-state index contributed by atoms with van der Waals surface area (Å²) in [6.45, 7) is 2.07. The van der Waals surface area contributed by atoms with Crippen LogP contribution >= 0.6 is 0 Å². The van der Waals surface area contributed by atoms with E-state index in [1.807, 2.05) is 0 Å². The lowest BCUT2D eigenvalue weighted by molar-refractivity contribution is -0.121. The number of carbonyl (C=O) groups is 1. The van der Waals surface area contributed by atoms with Crippen molar-refractivity contribution in [2.45, 2.75) is 51.1 Å². The topological polar surface area (TPSA) is 55.1 Å². The van der Waals surface area contributed by atoms with E-state index in [0.717, 1.165) is 25.7 Å².